The first-order valence-corrected chi connectivity index (χ1v) is 6.28. The van der Waals surface area contributed by atoms with Crippen molar-refractivity contribution in [2.75, 3.05) is 0 Å². The summed E-state index contributed by atoms with van der Waals surface area (Å²) in [5.74, 6) is 0. The Bertz CT molecular complexity index is 601. The van der Waals surface area contributed by atoms with Crippen LogP contribution in [0.15, 0.2) is 41.6 Å². The molecule has 0 aliphatic heterocycles. The summed E-state index contributed by atoms with van der Waals surface area (Å²) < 4.78 is 25.2. The summed E-state index contributed by atoms with van der Waals surface area (Å²) >= 11 is 0. The number of rotatable bonds is 2. The summed E-state index contributed by atoms with van der Waals surface area (Å²) in [7, 11) is -3.54. The molecular formula is C11H12N2O2S. The maximum Gasteiger partial charge on any atom is 0.283 e. The molecule has 0 saturated heterocycles. The Morgan fingerprint density at radius 1 is 1.25 bits per heavy atom. The summed E-state index contributed by atoms with van der Waals surface area (Å²) in [6, 6.07) is 6.82. The molecule has 0 aliphatic rings. The van der Waals surface area contributed by atoms with Crippen LogP contribution >= 0.6 is 0 Å². The smallest absolute Gasteiger partial charge is 0.199 e. The molecule has 0 atom stereocenters. The highest BCUT2D eigenvalue weighted by molar-refractivity contribution is 7.89. The van der Waals surface area contributed by atoms with Crippen molar-refractivity contribution >= 4 is 10.0 Å². The second-order valence-electron chi connectivity index (χ2n) is 3.65. The third kappa shape index (κ3) is 1.74. The molecule has 2 rings (SSSR count). The van der Waals surface area contributed by atoms with E-state index < -0.39 is 10.0 Å². The highest BCUT2D eigenvalue weighted by Crippen LogP contribution is 2.18. The normalized spacial score (nSPS) is 11.6. The fourth-order valence-corrected chi connectivity index (χ4v) is 2.90. The highest BCUT2D eigenvalue weighted by atomic mass is 32.2. The zero-order valence-electron chi connectivity index (χ0n) is 9.08. The van der Waals surface area contributed by atoms with E-state index >= 15 is 0 Å². The van der Waals surface area contributed by atoms with Crippen molar-refractivity contribution < 1.29 is 8.42 Å². The molecule has 1 aromatic heterocycles. The van der Waals surface area contributed by atoms with Crippen molar-refractivity contribution in [1.29, 1.82) is 0 Å². The lowest BCUT2D eigenvalue weighted by atomic mass is 10.2. The SMILES string of the molecule is Cc1ccc(S(=O)(=O)n2cccn2)c(C)c1. The van der Waals surface area contributed by atoms with Crippen molar-refractivity contribution in [3.8, 4) is 0 Å². The third-order valence-corrected chi connectivity index (χ3v) is 4.06. The van der Waals surface area contributed by atoms with Gasteiger partial charge in [0.25, 0.3) is 10.0 Å². The van der Waals surface area contributed by atoms with Crippen molar-refractivity contribution in [2.24, 2.45) is 0 Å². The van der Waals surface area contributed by atoms with Gasteiger partial charge in [0.1, 0.15) is 0 Å². The van der Waals surface area contributed by atoms with Gasteiger partial charge >= 0.3 is 0 Å². The van der Waals surface area contributed by atoms with Gasteiger partial charge < -0.3 is 0 Å². The molecule has 2 aromatic rings. The van der Waals surface area contributed by atoms with E-state index in [9.17, 15) is 8.42 Å². The molecule has 0 N–H and O–H groups in total. The molecule has 0 aliphatic carbocycles. The molecule has 5 heteroatoms. The summed E-state index contributed by atoms with van der Waals surface area (Å²) in [6.07, 6.45) is 2.87. The van der Waals surface area contributed by atoms with Crippen LogP contribution in [0.2, 0.25) is 0 Å². The molecule has 1 heterocycles. The summed E-state index contributed by atoms with van der Waals surface area (Å²) in [6.45, 7) is 3.71. The number of aromatic nitrogens is 2. The van der Waals surface area contributed by atoms with Gasteiger partial charge in [-0.25, -0.2) is 0 Å². The first-order valence-electron chi connectivity index (χ1n) is 4.84. The van der Waals surface area contributed by atoms with Crippen LogP contribution in [0.1, 0.15) is 11.1 Å². The lowest BCUT2D eigenvalue weighted by Gasteiger charge is -2.07. The van der Waals surface area contributed by atoms with Crippen LogP contribution < -0.4 is 0 Å². The van der Waals surface area contributed by atoms with E-state index in [1.54, 1.807) is 25.1 Å². The van der Waals surface area contributed by atoms with Crippen LogP contribution in [-0.4, -0.2) is 17.6 Å². The second kappa shape index (κ2) is 3.75. The number of benzene rings is 1. The van der Waals surface area contributed by atoms with Gasteiger partial charge in [0.05, 0.1) is 11.1 Å². The molecular weight excluding hydrogens is 224 g/mol. The fraction of sp³-hybridized carbons (Fsp3) is 0.182. The molecule has 0 saturated carbocycles. The van der Waals surface area contributed by atoms with Gasteiger partial charge in [-0.15, -0.1) is 0 Å². The Morgan fingerprint density at radius 2 is 2.00 bits per heavy atom. The summed E-state index contributed by atoms with van der Waals surface area (Å²) in [5, 5.41) is 3.76. The van der Waals surface area contributed by atoms with E-state index in [0.717, 1.165) is 15.2 Å². The Hall–Kier alpha value is -1.62. The predicted molar refractivity (Wildman–Crippen MR) is 60.7 cm³/mol. The van der Waals surface area contributed by atoms with Crippen molar-refractivity contribution in [2.45, 2.75) is 18.7 Å². The zero-order chi connectivity index (χ0) is 11.8. The van der Waals surface area contributed by atoms with Gasteiger partial charge in [-0.3, -0.25) is 0 Å². The number of hydrogen-bond acceptors (Lipinski definition) is 3. The standard InChI is InChI=1S/C11H12N2O2S/c1-9-4-5-11(10(2)8-9)16(14,15)13-7-3-6-12-13/h3-8H,1-2H3. The van der Waals surface area contributed by atoms with E-state index in [1.165, 1.54) is 12.4 Å². The lowest BCUT2D eigenvalue weighted by molar-refractivity contribution is 0.579. The highest BCUT2D eigenvalue weighted by Gasteiger charge is 2.18. The lowest BCUT2D eigenvalue weighted by Crippen LogP contribution is -2.14. The molecule has 0 spiro atoms. The molecule has 0 fully saturated rings. The van der Waals surface area contributed by atoms with Gasteiger partial charge in [0, 0.05) is 6.20 Å². The van der Waals surface area contributed by atoms with Crippen LogP contribution in [-0.2, 0) is 10.0 Å². The van der Waals surface area contributed by atoms with Crippen LogP contribution in [0.3, 0.4) is 0 Å². The van der Waals surface area contributed by atoms with Crippen LogP contribution in [0.25, 0.3) is 0 Å². The van der Waals surface area contributed by atoms with Gasteiger partial charge in [-0.05, 0) is 31.5 Å². The van der Waals surface area contributed by atoms with E-state index in [-0.39, 0.29) is 0 Å². The van der Waals surface area contributed by atoms with Gasteiger partial charge in [-0.2, -0.15) is 17.6 Å². The molecule has 1 aromatic carbocycles. The first kappa shape index (κ1) is 10.9. The minimum atomic E-state index is -3.54. The van der Waals surface area contributed by atoms with E-state index in [0.29, 0.717) is 4.90 Å². The third-order valence-electron chi connectivity index (χ3n) is 2.33. The number of hydrogen-bond donors (Lipinski definition) is 0. The van der Waals surface area contributed by atoms with E-state index in [4.69, 9.17) is 0 Å². The first-order chi connectivity index (χ1) is 7.51. The minimum absolute atomic E-state index is 0.293. The van der Waals surface area contributed by atoms with Gasteiger partial charge in [0.2, 0.25) is 0 Å². The Labute approximate surface area is 94.6 Å². The Morgan fingerprint density at radius 3 is 2.56 bits per heavy atom. The molecule has 0 amide bonds. The summed E-state index contributed by atoms with van der Waals surface area (Å²) in [5.41, 5.74) is 1.77. The quantitative estimate of drug-likeness (QED) is 0.798. The maximum atomic E-state index is 12.1. The number of aryl methyl sites for hydroxylation is 2. The maximum absolute atomic E-state index is 12.1. The largest absolute Gasteiger partial charge is 0.283 e. The van der Waals surface area contributed by atoms with Crippen molar-refractivity contribution in [3.05, 3.63) is 47.8 Å². The zero-order valence-corrected chi connectivity index (χ0v) is 9.90. The number of nitrogens with zero attached hydrogens (tertiary/aromatic N) is 2. The average molecular weight is 236 g/mol. The topological polar surface area (TPSA) is 52.0 Å². The molecule has 0 unspecified atom stereocenters. The van der Waals surface area contributed by atoms with Crippen molar-refractivity contribution in [3.63, 3.8) is 0 Å². The predicted octanol–water partition coefficient (Wildman–Crippen LogP) is 1.74. The fourth-order valence-electron chi connectivity index (χ4n) is 1.59. The Kier molecular flexibility index (Phi) is 2.55. The van der Waals surface area contributed by atoms with Crippen LogP contribution in [0.4, 0.5) is 0 Å². The second-order valence-corrected chi connectivity index (χ2v) is 5.42. The molecule has 0 radical (unpaired) electrons. The monoisotopic (exact) mass is 236 g/mol. The van der Waals surface area contributed by atoms with Crippen molar-refractivity contribution in [1.82, 2.24) is 9.19 Å². The van der Waals surface area contributed by atoms with Crippen LogP contribution in [0, 0.1) is 13.8 Å². The van der Waals surface area contributed by atoms with Gasteiger partial charge in [0.15, 0.2) is 0 Å². The molecule has 4 nitrogen and oxygen atoms in total. The van der Waals surface area contributed by atoms with E-state index in [1.807, 2.05) is 13.0 Å². The minimum Gasteiger partial charge on any atom is -0.199 e. The van der Waals surface area contributed by atoms with Crippen LogP contribution in [0.5, 0.6) is 0 Å². The molecule has 16 heavy (non-hydrogen) atoms. The molecule has 0 bridgehead atoms. The van der Waals surface area contributed by atoms with Gasteiger partial charge in [-0.1, -0.05) is 17.7 Å². The van der Waals surface area contributed by atoms with E-state index in [2.05, 4.69) is 5.10 Å². The Balaban J connectivity index is 2.61. The molecule has 84 valence electrons. The average Bonchev–Trinajstić information content (AvgIpc) is 2.69. The summed E-state index contributed by atoms with van der Waals surface area (Å²) in [4.78, 5) is 0.293.